The van der Waals surface area contributed by atoms with Crippen LogP contribution in [0.25, 0.3) is 11.4 Å². The lowest BCUT2D eigenvalue weighted by Crippen LogP contribution is -2.37. The van der Waals surface area contributed by atoms with E-state index in [0.717, 1.165) is 38.4 Å². The molecule has 1 amide bonds. The first-order valence-corrected chi connectivity index (χ1v) is 9.83. The molecule has 3 aromatic rings. The van der Waals surface area contributed by atoms with Crippen LogP contribution in [0.4, 0.5) is 4.39 Å². The minimum atomic E-state index is -0.513. The van der Waals surface area contributed by atoms with Gasteiger partial charge in [-0.2, -0.15) is 0 Å². The molecule has 1 N–H and O–H groups in total. The lowest BCUT2D eigenvalue weighted by molar-refractivity contribution is 0.0947. The second-order valence-corrected chi connectivity index (χ2v) is 7.38. The van der Waals surface area contributed by atoms with E-state index in [2.05, 4.69) is 44.5 Å². The van der Waals surface area contributed by atoms with E-state index < -0.39 is 5.82 Å². The lowest BCUT2D eigenvalue weighted by Gasteiger charge is -2.28. The normalized spacial score (nSPS) is 13.7. The summed E-state index contributed by atoms with van der Waals surface area (Å²) in [5.74, 6) is -0.429. The fourth-order valence-corrected chi connectivity index (χ4v) is 3.67. The lowest BCUT2D eigenvalue weighted by atomic mass is 10.00. The van der Waals surface area contributed by atoms with Gasteiger partial charge in [-0.3, -0.25) is 9.69 Å². The molecular formula is C22H20ClFN4O. The van der Waals surface area contributed by atoms with E-state index in [9.17, 15) is 9.18 Å². The second-order valence-electron chi connectivity index (χ2n) is 6.97. The number of benzene rings is 2. The van der Waals surface area contributed by atoms with Gasteiger partial charge in [0.2, 0.25) is 0 Å². The Bertz CT molecular complexity index is 1030. The molecule has 0 fully saturated rings. The summed E-state index contributed by atoms with van der Waals surface area (Å²) in [6.45, 7) is 3.16. The highest BCUT2D eigenvalue weighted by Gasteiger charge is 2.17. The molecule has 1 aliphatic rings. The van der Waals surface area contributed by atoms with Crippen LogP contribution in [0.2, 0.25) is 5.02 Å². The van der Waals surface area contributed by atoms with Crippen LogP contribution >= 0.6 is 11.6 Å². The Morgan fingerprint density at radius 1 is 1.14 bits per heavy atom. The minimum absolute atomic E-state index is 0.253. The van der Waals surface area contributed by atoms with Crippen LogP contribution in [0, 0.1) is 5.82 Å². The topological polar surface area (TPSA) is 58.1 Å². The van der Waals surface area contributed by atoms with Gasteiger partial charge in [0.05, 0.1) is 23.0 Å². The fraction of sp³-hybridized carbons (Fsp3) is 0.227. The largest absolute Gasteiger partial charge is 0.351 e. The zero-order valence-electron chi connectivity index (χ0n) is 15.7. The maximum absolute atomic E-state index is 13.0. The van der Waals surface area contributed by atoms with Crippen molar-refractivity contribution in [2.24, 2.45) is 0 Å². The molecule has 0 saturated heterocycles. The third kappa shape index (κ3) is 4.60. The van der Waals surface area contributed by atoms with E-state index in [1.165, 1.54) is 11.1 Å². The summed E-state index contributed by atoms with van der Waals surface area (Å²) in [5.41, 5.74) is 3.70. The predicted molar refractivity (Wildman–Crippen MR) is 110 cm³/mol. The van der Waals surface area contributed by atoms with Crippen LogP contribution in [0.5, 0.6) is 0 Å². The van der Waals surface area contributed by atoms with E-state index in [-0.39, 0.29) is 5.91 Å². The van der Waals surface area contributed by atoms with Crippen molar-refractivity contribution >= 4 is 17.5 Å². The average molecular weight is 411 g/mol. The first-order valence-electron chi connectivity index (χ1n) is 9.45. The number of carbonyl (C=O) groups excluding carboxylic acids is 1. The molecule has 0 bridgehead atoms. The van der Waals surface area contributed by atoms with Gasteiger partial charge in [0.15, 0.2) is 11.6 Å². The van der Waals surface area contributed by atoms with Gasteiger partial charge in [-0.15, -0.1) is 0 Å². The summed E-state index contributed by atoms with van der Waals surface area (Å²) in [6, 6.07) is 13.4. The van der Waals surface area contributed by atoms with Crippen molar-refractivity contribution in [3.63, 3.8) is 0 Å². The molecular weight excluding hydrogens is 391 g/mol. The first-order chi connectivity index (χ1) is 14.1. The maximum Gasteiger partial charge on any atom is 0.252 e. The molecule has 1 aromatic heterocycles. The number of fused-ring (bicyclic) bond motifs is 1. The van der Waals surface area contributed by atoms with Crippen LogP contribution in [-0.2, 0) is 13.0 Å². The summed E-state index contributed by atoms with van der Waals surface area (Å²) < 4.78 is 13.0. The van der Waals surface area contributed by atoms with Gasteiger partial charge in [-0.05, 0) is 35.7 Å². The summed E-state index contributed by atoms with van der Waals surface area (Å²) in [4.78, 5) is 22.9. The Balaban J connectivity index is 1.37. The summed E-state index contributed by atoms with van der Waals surface area (Å²) in [7, 11) is 0. The Kier molecular flexibility index (Phi) is 5.83. The molecule has 2 aromatic carbocycles. The van der Waals surface area contributed by atoms with Crippen molar-refractivity contribution in [2.45, 2.75) is 13.0 Å². The molecule has 1 aliphatic heterocycles. The standard InChI is InChI=1S/C22H20ClFN4O/c23-20-6-5-16(21-26-12-18(24)13-27-21)11-19(20)22(29)25-8-10-28-9-7-15-3-1-2-4-17(15)14-28/h1-6,11-13H,7-10,14H2,(H,25,29). The monoisotopic (exact) mass is 410 g/mol. The van der Waals surface area contributed by atoms with Gasteiger partial charge in [0, 0.05) is 31.7 Å². The van der Waals surface area contributed by atoms with E-state index in [1.54, 1.807) is 18.2 Å². The third-order valence-corrected chi connectivity index (χ3v) is 5.34. The zero-order valence-corrected chi connectivity index (χ0v) is 16.5. The highest BCUT2D eigenvalue weighted by molar-refractivity contribution is 6.34. The van der Waals surface area contributed by atoms with Crippen LogP contribution < -0.4 is 5.32 Å². The number of rotatable bonds is 5. The maximum atomic E-state index is 13.0. The number of aromatic nitrogens is 2. The number of halogens is 2. The molecule has 0 spiro atoms. The number of hydrogen-bond acceptors (Lipinski definition) is 4. The number of amides is 1. The van der Waals surface area contributed by atoms with Gasteiger partial charge in [0.25, 0.3) is 5.91 Å². The van der Waals surface area contributed by atoms with Crippen molar-refractivity contribution in [3.05, 3.63) is 82.4 Å². The number of nitrogens with one attached hydrogen (secondary N) is 1. The highest BCUT2D eigenvalue weighted by Crippen LogP contribution is 2.23. The first kappa shape index (κ1) is 19.5. The van der Waals surface area contributed by atoms with E-state index in [4.69, 9.17) is 11.6 Å². The van der Waals surface area contributed by atoms with E-state index >= 15 is 0 Å². The third-order valence-electron chi connectivity index (χ3n) is 5.01. The van der Waals surface area contributed by atoms with Crippen LogP contribution in [0.3, 0.4) is 0 Å². The summed E-state index contributed by atoms with van der Waals surface area (Å²) in [6.07, 6.45) is 3.20. The summed E-state index contributed by atoms with van der Waals surface area (Å²) in [5, 5.41) is 3.28. The average Bonchev–Trinajstić information content (AvgIpc) is 2.74. The molecule has 29 heavy (non-hydrogen) atoms. The molecule has 7 heteroatoms. The van der Waals surface area contributed by atoms with Gasteiger partial charge >= 0.3 is 0 Å². The van der Waals surface area contributed by atoms with Gasteiger partial charge in [-0.25, -0.2) is 14.4 Å². The Morgan fingerprint density at radius 3 is 2.69 bits per heavy atom. The molecule has 0 atom stereocenters. The smallest absolute Gasteiger partial charge is 0.252 e. The Labute approximate surface area is 173 Å². The molecule has 0 aliphatic carbocycles. The van der Waals surface area contributed by atoms with Crippen LogP contribution in [0.1, 0.15) is 21.5 Å². The van der Waals surface area contributed by atoms with Crippen molar-refractivity contribution in [3.8, 4) is 11.4 Å². The molecule has 2 heterocycles. The summed E-state index contributed by atoms with van der Waals surface area (Å²) >= 11 is 6.22. The van der Waals surface area contributed by atoms with E-state index in [0.29, 0.717) is 28.5 Å². The second kappa shape index (κ2) is 8.68. The molecule has 0 radical (unpaired) electrons. The Morgan fingerprint density at radius 2 is 1.90 bits per heavy atom. The molecule has 0 saturated carbocycles. The Hall–Kier alpha value is -2.83. The molecule has 148 valence electrons. The zero-order chi connectivity index (χ0) is 20.2. The van der Waals surface area contributed by atoms with Crippen LogP contribution in [0.15, 0.2) is 54.9 Å². The molecule has 4 rings (SSSR count). The van der Waals surface area contributed by atoms with E-state index in [1.807, 2.05) is 0 Å². The number of nitrogens with zero attached hydrogens (tertiary/aromatic N) is 3. The minimum Gasteiger partial charge on any atom is -0.351 e. The predicted octanol–water partition coefficient (Wildman–Crippen LogP) is 3.72. The van der Waals surface area contributed by atoms with Crippen molar-refractivity contribution in [1.29, 1.82) is 0 Å². The van der Waals surface area contributed by atoms with Gasteiger partial charge in [0.1, 0.15) is 0 Å². The van der Waals surface area contributed by atoms with Crippen molar-refractivity contribution < 1.29 is 9.18 Å². The molecule has 0 unspecified atom stereocenters. The highest BCUT2D eigenvalue weighted by atomic mass is 35.5. The molecule has 5 nitrogen and oxygen atoms in total. The van der Waals surface area contributed by atoms with Crippen LogP contribution in [-0.4, -0.2) is 40.4 Å². The quantitative estimate of drug-likeness (QED) is 0.696. The van der Waals surface area contributed by atoms with Crippen molar-refractivity contribution in [2.75, 3.05) is 19.6 Å². The SMILES string of the molecule is O=C(NCCN1CCc2ccccc2C1)c1cc(-c2ncc(F)cn2)ccc1Cl. The van der Waals surface area contributed by atoms with Crippen molar-refractivity contribution in [1.82, 2.24) is 20.2 Å². The number of carbonyl (C=O) groups is 1. The fourth-order valence-electron chi connectivity index (χ4n) is 3.47. The van der Waals surface area contributed by atoms with Gasteiger partial charge < -0.3 is 5.32 Å². The van der Waals surface area contributed by atoms with Gasteiger partial charge in [-0.1, -0.05) is 35.9 Å². The number of hydrogen-bond donors (Lipinski definition) is 1.